The first-order valence-corrected chi connectivity index (χ1v) is 10.8. The first-order valence-electron chi connectivity index (χ1n) is 10.8. The fourth-order valence-electron chi connectivity index (χ4n) is 3.52. The minimum atomic E-state index is 0. The van der Waals surface area contributed by atoms with Crippen LogP contribution in [0.25, 0.3) is 0 Å². The number of nitrogens with zero attached hydrogens (tertiary/aromatic N) is 2. The number of guanidine groups is 1. The molecule has 1 aliphatic heterocycles. The number of halogens is 1. The summed E-state index contributed by atoms with van der Waals surface area (Å²) in [6.07, 6.45) is 0.449. The van der Waals surface area contributed by atoms with Gasteiger partial charge in [-0.25, -0.2) is 0 Å². The molecule has 3 rings (SSSR count). The van der Waals surface area contributed by atoms with Crippen LogP contribution in [0.15, 0.2) is 59.6 Å². The smallest absolute Gasteiger partial charge is 0.229 e. The molecule has 7 nitrogen and oxygen atoms in total. The highest BCUT2D eigenvalue weighted by atomic mass is 127. The maximum Gasteiger partial charge on any atom is 0.229 e. The molecule has 1 aliphatic rings. The second-order valence-corrected chi connectivity index (χ2v) is 7.38. The lowest BCUT2D eigenvalue weighted by molar-refractivity contribution is -0.117. The van der Waals surface area contributed by atoms with Crippen LogP contribution >= 0.6 is 24.0 Å². The van der Waals surface area contributed by atoms with Crippen LogP contribution in [0.3, 0.4) is 0 Å². The molecule has 2 aromatic carbocycles. The van der Waals surface area contributed by atoms with E-state index in [2.05, 4.69) is 33.8 Å². The zero-order valence-electron chi connectivity index (χ0n) is 18.8. The number of aliphatic imine (C=N–C) groups is 1. The number of para-hydroxylation sites is 1. The van der Waals surface area contributed by atoms with Crippen LogP contribution in [0.4, 0.5) is 5.69 Å². The molecule has 174 valence electrons. The van der Waals surface area contributed by atoms with E-state index in [1.807, 2.05) is 48.2 Å². The normalized spacial score (nSPS) is 16.1. The Morgan fingerprint density at radius 3 is 2.59 bits per heavy atom. The van der Waals surface area contributed by atoms with Crippen LogP contribution in [-0.4, -0.2) is 51.3 Å². The highest BCUT2D eigenvalue weighted by Crippen LogP contribution is 2.21. The fraction of sp³-hybridized carbons (Fsp3) is 0.417. The van der Waals surface area contributed by atoms with Gasteiger partial charge in [0.05, 0.1) is 25.9 Å². The summed E-state index contributed by atoms with van der Waals surface area (Å²) in [5.41, 5.74) is 3.20. The maximum absolute atomic E-state index is 12.4. The molecule has 1 unspecified atom stereocenters. The minimum absolute atomic E-state index is 0. The number of amides is 1. The van der Waals surface area contributed by atoms with E-state index in [0.29, 0.717) is 51.9 Å². The van der Waals surface area contributed by atoms with E-state index < -0.39 is 0 Å². The van der Waals surface area contributed by atoms with E-state index in [1.165, 1.54) is 0 Å². The van der Waals surface area contributed by atoms with Crippen LogP contribution in [-0.2, 0) is 27.4 Å². The standard InChI is InChI=1S/C24H32N4O3.HI/c1-3-30-12-13-31-18-20-9-7-8-19(14-20)16-26-24(25-2)27-21-15-23(29)28(17-21)22-10-5-4-6-11-22;/h4-11,14,21H,3,12-13,15-18H2,1-2H3,(H2,25,26,27);1H. The van der Waals surface area contributed by atoms with Crippen LogP contribution < -0.4 is 15.5 Å². The monoisotopic (exact) mass is 552 g/mol. The lowest BCUT2D eigenvalue weighted by Crippen LogP contribution is -2.44. The van der Waals surface area contributed by atoms with Gasteiger partial charge in [0.1, 0.15) is 0 Å². The summed E-state index contributed by atoms with van der Waals surface area (Å²) < 4.78 is 10.9. The Labute approximate surface area is 207 Å². The Hall–Kier alpha value is -2.17. The Balaban J connectivity index is 0.00000363. The number of rotatable bonds is 10. The third-order valence-corrected chi connectivity index (χ3v) is 5.05. The number of hydrogen-bond donors (Lipinski definition) is 2. The lowest BCUT2D eigenvalue weighted by atomic mass is 10.1. The molecule has 2 N–H and O–H groups in total. The van der Waals surface area contributed by atoms with Crippen LogP contribution in [0.5, 0.6) is 0 Å². The van der Waals surface area contributed by atoms with Gasteiger partial charge in [0, 0.05) is 38.9 Å². The SMILES string of the molecule is CCOCCOCc1cccc(CNC(=NC)NC2CC(=O)N(c3ccccc3)C2)c1.I. The third-order valence-electron chi connectivity index (χ3n) is 5.05. The Morgan fingerprint density at radius 1 is 1.09 bits per heavy atom. The number of hydrogen-bond acceptors (Lipinski definition) is 4. The predicted molar refractivity (Wildman–Crippen MR) is 139 cm³/mol. The average molecular weight is 552 g/mol. The number of benzene rings is 2. The molecule has 0 saturated carbocycles. The molecule has 2 aromatic rings. The van der Waals surface area contributed by atoms with Crippen molar-refractivity contribution in [1.29, 1.82) is 0 Å². The summed E-state index contributed by atoms with van der Waals surface area (Å²) >= 11 is 0. The van der Waals surface area contributed by atoms with E-state index in [-0.39, 0.29) is 35.9 Å². The first-order chi connectivity index (χ1) is 15.2. The maximum atomic E-state index is 12.4. The molecule has 1 amide bonds. The summed E-state index contributed by atoms with van der Waals surface area (Å²) in [6.45, 7) is 5.71. The summed E-state index contributed by atoms with van der Waals surface area (Å²) in [4.78, 5) is 18.6. The molecule has 1 heterocycles. The van der Waals surface area contributed by atoms with Gasteiger partial charge in [-0.3, -0.25) is 9.79 Å². The van der Waals surface area contributed by atoms with Crippen molar-refractivity contribution in [3.63, 3.8) is 0 Å². The highest BCUT2D eigenvalue weighted by Gasteiger charge is 2.30. The molecule has 0 spiro atoms. The van der Waals surface area contributed by atoms with Crippen molar-refractivity contribution in [1.82, 2.24) is 10.6 Å². The molecule has 1 fully saturated rings. The molecule has 0 aliphatic carbocycles. The number of carbonyl (C=O) groups excluding carboxylic acids is 1. The predicted octanol–water partition coefficient (Wildman–Crippen LogP) is 3.33. The van der Waals surface area contributed by atoms with Gasteiger partial charge >= 0.3 is 0 Å². The molecule has 1 atom stereocenters. The van der Waals surface area contributed by atoms with Crippen LogP contribution in [0.2, 0.25) is 0 Å². The van der Waals surface area contributed by atoms with E-state index in [0.717, 1.165) is 16.8 Å². The molecular formula is C24H33IN4O3. The van der Waals surface area contributed by atoms with Gasteiger partial charge in [0.2, 0.25) is 5.91 Å². The minimum Gasteiger partial charge on any atom is -0.379 e. The van der Waals surface area contributed by atoms with Crippen molar-refractivity contribution in [2.45, 2.75) is 32.5 Å². The van der Waals surface area contributed by atoms with Crippen molar-refractivity contribution < 1.29 is 14.3 Å². The molecule has 8 heteroatoms. The quantitative estimate of drug-likeness (QED) is 0.205. The second kappa shape index (κ2) is 14.1. The molecular weight excluding hydrogens is 519 g/mol. The van der Waals surface area contributed by atoms with Crippen molar-refractivity contribution in [3.05, 3.63) is 65.7 Å². The van der Waals surface area contributed by atoms with E-state index in [4.69, 9.17) is 9.47 Å². The topological polar surface area (TPSA) is 75.2 Å². The van der Waals surface area contributed by atoms with Gasteiger partial charge in [-0.05, 0) is 30.2 Å². The summed E-state index contributed by atoms with van der Waals surface area (Å²) in [7, 11) is 1.74. The summed E-state index contributed by atoms with van der Waals surface area (Å²) in [6, 6.07) is 18.1. The zero-order chi connectivity index (χ0) is 21.9. The molecule has 0 radical (unpaired) electrons. The largest absolute Gasteiger partial charge is 0.379 e. The van der Waals surface area contributed by atoms with Crippen molar-refractivity contribution in [2.24, 2.45) is 4.99 Å². The van der Waals surface area contributed by atoms with Crippen molar-refractivity contribution in [2.75, 3.05) is 38.3 Å². The molecule has 0 aromatic heterocycles. The first kappa shape index (κ1) is 26.1. The van der Waals surface area contributed by atoms with Crippen molar-refractivity contribution in [3.8, 4) is 0 Å². The van der Waals surface area contributed by atoms with Gasteiger partial charge in [0.25, 0.3) is 0 Å². The van der Waals surface area contributed by atoms with E-state index >= 15 is 0 Å². The Morgan fingerprint density at radius 2 is 1.84 bits per heavy atom. The van der Waals surface area contributed by atoms with Gasteiger partial charge in [-0.2, -0.15) is 0 Å². The Bertz CT molecular complexity index is 863. The number of nitrogens with one attached hydrogen (secondary N) is 2. The highest BCUT2D eigenvalue weighted by molar-refractivity contribution is 14.0. The Kier molecular flexibility index (Phi) is 11.5. The van der Waals surface area contributed by atoms with Crippen LogP contribution in [0.1, 0.15) is 24.5 Å². The van der Waals surface area contributed by atoms with Gasteiger partial charge in [-0.1, -0.05) is 42.5 Å². The number of anilines is 1. The fourth-order valence-corrected chi connectivity index (χ4v) is 3.52. The second-order valence-electron chi connectivity index (χ2n) is 7.38. The van der Waals surface area contributed by atoms with Crippen molar-refractivity contribution >= 4 is 41.5 Å². The lowest BCUT2D eigenvalue weighted by Gasteiger charge is -2.19. The van der Waals surface area contributed by atoms with E-state index in [1.54, 1.807) is 7.05 Å². The van der Waals surface area contributed by atoms with E-state index in [9.17, 15) is 4.79 Å². The van der Waals surface area contributed by atoms with Gasteiger partial charge < -0.3 is 25.0 Å². The molecule has 0 bridgehead atoms. The third kappa shape index (κ3) is 8.07. The molecule has 32 heavy (non-hydrogen) atoms. The van der Waals surface area contributed by atoms with Gasteiger partial charge in [-0.15, -0.1) is 24.0 Å². The molecule has 1 saturated heterocycles. The zero-order valence-corrected chi connectivity index (χ0v) is 21.1. The summed E-state index contributed by atoms with van der Waals surface area (Å²) in [5.74, 6) is 0.808. The average Bonchev–Trinajstić information content (AvgIpc) is 3.17. The number of carbonyl (C=O) groups is 1. The van der Waals surface area contributed by atoms with Gasteiger partial charge in [0.15, 0.2) is 5.96 Å². The van der Waals surface area contributed by atoms with Crippen LogP contribution in [0, 0.1) is 0 Å². The summed E-state index contributed by atoms with van der Waals surface area (Å²) in [5, 5.41) is 6.71. The number of ether oxygens (including phenoxy) is 2.